The van der Waals surface area contributed by atoms with Gasteiger partial charge in [0.15, 0.2) is 0 Å². The number of nitrogens with one attached hydrogen (secondary N) is 1. The average molecular weight is 234 g/mol. The highest BCUT2D eigenvalue weighted by Crippen LogP contribution is 2.22. The Morgan fingerprint density at radius 3 is 2.47 bits per heavy atom. The summed E-state index contributed by atoms with van der Waals surface area (Å²) in [5, 5.41) is 2.93. The molecule has 1 amide bonds. The molecule has 0 saturated carbocycles. The molecule has 0 aliphatic carbocycles. The van der Waals surface area contributed by atoms with Gasteiger partial charge in [0, 0.05) is 12.2 Å². The number of carbonyl (C=O) groups is 1. The molecule has 0 saturated heterocycles. The van der Waals surface area contributed by atoms with Gasteiger partial charge in [0.25, 0.3) is 0 Å². The fraction of sp³-hybridized carbons (Fsp3) is 0.500. The van der Waals surface area contributed by atoms with Crippen LogP contribution in [0.4, 0.5) is 5.69 Å². The van der Waals surface area contributed by atoms with Crippen molar-refractivity contribution in [2.45, 2.75) is 34.1 Å². The Morgan fingerprint density at radius 2 is 2.00 bits per heavy atom. The fourth-order valence-corrected chi connectivity index (χ4v) is 1.50. The van der Waals surface area contributed by atoms with E-state index in [2.05, 4.69) is 12.2 Å². The van der Waals surface area contributed by atoms with Crippen molar-refractivity contribution in [3.05, 3.63) is 29.3 Å². The molecular weight excluding hydrogens is 212 g/mol. The van der Waals surface area contributed by atoms with Gasteiger partial charge in [-0.15, -0.1) is 0 Å². The number of aryl methyl sites for hydroxylation is 2. The topological polar surface area (TPSA) is 55.1 Å². The first-order valence-corrected chi connectivity index (χ1v) is 6.01. The van der Waals surface area contributed by atoms with Crippen molar-refractivity contribution in [1.29, 1.82) is 0 Å². The van der Waals surface area contributed by atoms with Crippen molar-refractivity contribution < 1.29 is 4.79 Å². The lowest BCUT2D eigenvalue weighted by Gasteiger charge is -2.25. The Balaban J connectivity index is 2.84. The molecule has 3 nitrogen and oxygen atoms in total. The molecule has 0 fully saturated rings. The van der Waals surface area contributed by atoms with E-state index in [1.165, 1.54) is 11.1 Å². The second kappa shape index (κ2) is 5.32. The highest BCUT2D eigenvalue weighted by molar-refractivity contribution is 5.95. The van der Waals surface area contributed by atoms with Gasteiger partial charge in [-0.3, -0.25) is 4.79 Å². The summed E-state index contributed by atoms with van der Waals surface area (Å²) >= 11 is 0. The molecule has 17 heavy (non-hydrogen) atoms. The number of rotatable bonds is 4. The van der Waals surface area contributed by atoms with Gasteiger partial charge in [-0.1, -0.05) is 13.0 Å². The van der Waals surface area contributed by atoms with Crippen molar-refractivity contribution >= 4 is 11.6 Å². The van der Waals surface area contributed by atoms with E-state index in [1.54, 1.807) is 0 Å². The summed E-state index contributed by atoms with van der Waals surface area (Å²) in [4.78, 5) is 12.1. The van der Waals surface area contributed by atoms with Crippen molar-refractivity contribution in [2.75, 3.05) is 11.9 Å². The summed E-state index contributed by atoms with van der Waals surface area (Å²) in [5.74, 6) is -0.00856. The van der Waals surface area contributed by atoms with Crippen LogP contribution in [0.1, 0.15) is 31.4 Å². The highest BCUT2D eigenvalue weighted by Gasteiger charge is 2.29. The smallest absolute Gasteiger partial charge is 0.231 e. The van der Waals surface area contributed by atoms with E-state index in [0.29, 0.717) is 6.54 Å². The third kappa shape index (κ3) is 3.07. The van der Waals surface area contributed by atoms with Gasteiger partial charge >= 0.3 is 0 Å². The summed E-state index contributed by atoms with van der Waals surface area (Å²) in [5.41, 5.74) is 8.41. The standard InChI is InChI=1S/C14H22N2O/c1-5-14(4,9-15)13(17)16-12-7-6-10(2)11(3)8-12/h6-8H,5,9,15H2,1-4H3,(H,16,17). The van der Waals surface area contributed by atoms with Crippen molar-refractivity contribution in [1.82, 2.24) is 0 Å². The molecule has 0 bridgehead atoms. The van der Waals surface area contributed by atoms with Crippen LogP contribution in [-0.2, 0) is 4.79 Å². The lowest BCUT2D eigenvalue weighted by Crippen LogP contribution is -2.39. The minimum Gasteiger partial charge on any atom is -0.329 e. The first kappa shape index (κ1) is 13.7. The largest absolute Gasteiger partial charge is 0.329 e. The molecule has 3 heteroatoms. The second-order valence-electron chi connectivity index (χ2n) is 4.87. The van der Waals surface area contributed by atoms with Gasteiger partial charge in [0.1, 0.15) is 0 Å². The van der Waals surface area contributed by atoms with Crippen LogP contribution in [0.5, 0.6) is 0 Å². The molecule has 0 radical (unpaired) electrons. The first-order chi connectivity index (χ1) is 7.92. The van der Waals surface area contributed by atoms with Gasteiger partial charge in [0.05, 0.1) is 5.41 Å². The molecule has 0 aliphatic heterocycles. The molecule has 3 N–H and O–H groups in total. The molecule has 94 valence electrons. The molecular formula is C14H22N2O. The number of nitrogens with two attached hydrogens (primary N) is 1. The molecule has 0 heterocycles. The zero-order chi connectivity index (χ0) is 13.1. The molecule has 1 aromatic carbocycles. The number of benzene rings is 1. The van der Waals surface area contributed by atoms with Crippen LogP contribution in [0.3, 0.4) is 0 Å². The number of anilines is 1. The highest BCUT2D eigenvalue weighted by atomic mass is 16.2. The van der Waals surface area contributed by atoms with Gasteiger partial charge < -0.3 is 11.1 Å². The van der Waals surface area contributed by atoms with Gasteiger partial charge in [0.2, 0.25) is 5.91 Å². The van der Waals surface area contributed by atoms with Crippen LogP contribution in [0.2, 0.25) is 0 Å². The Kier molecular flexibility index (Phi) is 4.29. The van der Waals surface area contributed by atoms with E-state index < -0.39 is 5.41 Å². The van der Waals surface area contributed by atoms with E-state index in [0.717, 1.165) is 12.1 Å². The molecule has 0 aromatic heterocycles. The number of hydrogen-bond acceptors (Lipinski definition) is 2. The lowest BCUT2D eigenvalue weighted by molar-refractivity contribution is -0.124. The van der Waals surface area contributed by atoms with E-state index in [4.69, 9.17) is 5.73 Å². The van der Waals surface area contributed by atoms with Gasteiger partial charge in [-0.25, -0.2) is 0 Å². The number of carbonyl (C=O) groups excluding carboxylic acids is 1. The average Bonchev–Trinajstić information content (AvgIpc) is 2.32. The summed E-state index contributed by atoms with van der Waals surface area (Å²) in [6, 6.07) is 5.92. The van der Waals surface area contributed by atoms with E-state index in [1.807, 2.05) is 39.0 Å². The van der Waals surface area contributed by atoms with E-state index in [9.17, 15) is 4.79 Å². The van der Waals surface area contributed by atoms with Crippen LogP contribution in [-0.4, -0.2) is 12.5 Å². The number of amides is 1. The van der Waals surface area contributed by atoms with Crippen molar-refractivity contribution in [2.24, 2.45) is 11.1 Å². The first-order valence-electron chi connectivity index (χ1n) is 6.01. The van der Waals surface area contributed by atoms with Crippen LogP contribution >= 0.6 is 0 Å². The summed E-state index contributed by atoms with van der Waals surface area (Å²) in [6.45, 7) is 8.32. The number of hydrogen-bond donors (Lipinski definition) is 2. The Bertz CT molecular complexity index is 409. The Morgan fingerprint density at radius 1 is 1.35 bits per heavy atom. The predicted octanol–water partition coefficient (Wildman–Crippen LogP) is 2.62. The van der Waals surface area contributed by atoms with Crippen LogP contribution in [0.25, 0.3) is 0 Å². The summed E-state index contributed by atoms with van der Waals surface area (Å²) in [7, 11) is 0. The minimum atomic E-state index is -0.487. The normalized spacial score (nSPS) is 14.2. The quantitative estimate of drug-likeness (QED) is 0.841. The summed E-state index contributed by atoms with van der Waals surface area (Å²) < 4.78 is 0. The SMILES string of the molecule is CCC(C)(CN)C(=O)Nc1ccc(C)c(C)c1. The third-order valence-electron chi connectivity index (χ3n) is 3.54. The molecule has 1 rings (SSSR count). The van der Waals surface area contributed by atoms with E-state index in [-0.39, 0.29) is 5.91 Å². The van der Waals surface area contributed by atoms with Crippen molar-refractivity contribution in [3.8, 4) is 0 Å². The summed E-state index contributed by atoms with van der Waals surface area (Å²) in [6.07, 6.45) is 0.736. The second-order valence-corrected chi connectivity index (χ2v) is 4.87. The van der Waals surface area contributed by atoms with Crippen LogP contribution in [0.15, 0.2) is 18.2 Å². The molecule has 1 unspecified atom stereocenters. The predicted molar refractivity (Wildman–Crippen MR) is 72.0 cm³/mol. The maximum Gasteiger partial charge on any atom is 0.231 e. The molecule has 0 spiro atoms. The Labute approximate surface area is 103 Å². The van der Waals surface area contributed by atoms with Gasteiger partial charge in [-0.05, 0) is 50.5 Å². The van der Waals surface area contributed by atoms with Crippen LogP contribution in [0, 0.1) is 19.3 Å². The maximum absolute atomic E-state index is 12.1. The molecule has 1 atom stereocenters. The minimum absolute atomic E-state index is 0.00856. The monoisotopic (exact) mass is 234 g/mol. The lowest BCUT2D eigenvalue weighted by atomic mass is 9.86. The molecule has 1 aromatic rings. The fourth-order valence-electron chi connectivity index (χ4n) is 1.50. The van der Waals surface area contributed by atoms with Crippen LogP contribution < -0.4 is 11.1 Å². The zero-order valence-corrected chi connectivity index (χ0v) is 11.1. The van der Waals surface area contributed by atoms with E-state index >= 15 is 0 Å². The zero-order valence-electron chi connectivity index (χ0n) is 11.1. The maximum atomic E-state index is 12.1. The Hall–Kier alpha value is -1.35. The third-order valence-corrected chi connectivity index (χ3v) is 3.54. The van der Waals surface area contributed by atoms with Crippen molar-refractivity contribution in [3.63, 3.8) is 0 Å². The molecule has 0 aliphatic rings. The van der Waals surface area contributed by atoms with Gasteiger partial charge in [-0.2, -0.15) is 0 Å².